The van der Waals surface area contributed by atoms with Crippen LogP contribution >= 0.6 is 15.9 Å². The first-order valence-corrected chi connectivity index (χ1v) is 7.36. The van der Waals surface area contributed by atoms with Gasteiger partial charge in [0, 0.05) is 18.7 Å². The molecule has 0 saturated heterocycles. The van der Waals surface area contributed by atoms with E-state index in [-0.39, 0.29) is 5.91 Å². The molecule has 4 heteroatoms. The van der Waals surface area contributed by atoms with Gasteiger partial charge in [0.25, 0.3) is 5.91 Å². The van der Waals surface area contributed by atoms with Crippen LogP contribution in [0, 0.1) is 0 Å². The third kappa shape index (κ3) is 4.53. The highest BCUT2D eigenvalue weighted by Crippen LogP contribution is 2.26. The highest BCUT2D eigenvalue weighted by Gasteiger charge is 2.14. The molecule has 0 atom stereocenters. The van der Waals surface area contributed by atoms with Crippen LogP contribution < -0.4 is 4.74 Å². The fourth-order valence-electron chi connectivity index (χ4n) is 1.70. The van der Waals surface area contributed by atoms with E-state index >= 15 is 0 Å². The van der Waals surface area contributed by atoms with Gasteiger partial charge in [0.2, 0.25) is 0 Å². The molecule has 0 saturated carbocycles. The van der Waals surface area contributed by atoms with Crippen molar-refractivity contribution in [3.8, 4) is 5.75 Å². The smallest absolute Gasteiger partial charge is 0.254 e. The molecule has 1 amide bonds. The molecule has 1 aromatic carbocycles. The summed E-state index contributed by atoms with van der Waals surface area (Å²) in [5.74, 6) is 0.704. The Bertz CT molecular complexity index is 475. The predicted molar refractivity (Wildman–Crippen MR) is 86.2 cm³/mol. The zero-order chi connectivity index (χ0) is 15.0. The highest BCUT2D eigenvalue weighted by atomic mass is 79.9. The summed E-state index contributed by atoms with van der Waals surface area (Å²) in [4.78, 5) is 14.0. The summed E-state index contributed by atoms with van der Waals surface area (Å²) >= 11 is 3.44. The number of hydrogen-bond acceptors (Lipinski definition) is 2. The van der Waals surface area contributed by atoms with Crippen molar-refractivity contribution >= 4 is 21.8 Å². The molecule has 0 aliphatic carbocycles. The molecular formula is C16H20BrNO2. The van der Waals surface area contributed by atoms with Crippen molar-refractivity contribution in [2.24, 2.45) is 0 Å². The minimum Gasteiger partial charge on any atom is -0.492 e. The van der Waals surface area contributed by atoms with E-state index in [9.17, 15) is 4.79 Å². The van der Waals surface area contributed by atoms with E-state index in [2.05, 4.69) is 29.1 Å². The second-order valence-electron chi connectivity index (χ2n) is 4.28. The van der Waals surface area contributed by atoms with Gasteiger partial charge in [-0.25, -0.2) is 0 Å². The van der Waals surface area contributed by atoms with Gasteiger partial charge >= 0.3 is 0 Å². The zero-order valence-corrected chi connectivity index (χ0v) is 13.4. The largest absolute Gasteiger partial charge is 0.492 e. The molecule has 0 aromatic heterocycles. The van der Waals surface area contributed by atoms with E-state index in [1.54, 1.807) is 29.2 Å². The zero-order valence-electron chi connectivity index (χ0n) is 11.8. The summed E-state index contributed by atoms with van der Waals surface area (Å²) < 4.78 is 6.36. The van der Waals surface area contributed by atoms with Crippen molar-refractivity contribution in [2.75, 3.05) is 19.7 Å². The van der Waals surface area contributed by atoms with Gasteiger partial charge in [-0.1, -0.05) is 19.1 Å². The first-order valence-electron chi connectivity index (χ1n) is 6.57. The van der Waals surface area contributed by atoms with Crippen molar-refractivity contribution in [1.29, 1.82) is 0 Å². The van der Waals surface area contributed by atoms with Gasteiger partial charge < -0.3 is 9.64 Å². The van der Waals surface area contributed by atoms with Crippen molar-refractivity contribution in [3.63, 3.8) is 0 Å². The number of halogens is 1. The van der Waals surface area contributed by atoms with Crippen LogP contribution in [-0.2, 0) is 0 Å². The number of carbonyl (C=O) groups is 1. The van der Waals surface area contributed by atoms with Gasteiger partial charge in [-0.3, -0.25) is 4.79 Å². The fraction of sp³-hybridized carbons (Fsp3) is 0.312. The molecule has 0 bridgehead atoms. The number of rotatable bonds is 8. The molecule has 0 aliphatic rings. The Morgan fingerprint density at radius 1 is 1.35 bits per heavy atom. The molecule has 1 aromatic rings. The lowest BCUT2D eigenvalue weighted by Gasteiger charge is -2.19. The molecule has 0 fully saturated rings. The van der Waals surface area contributed by atoms with Gasteiger partial charge in [-0.05, 0) is 40.5 Å². The molecular weight excluding hydrogens is 318 g/mol. The Hall–Kier alpha value is -1.55. The van der Waals surface area contributed by atoms with E-state index in [1.807, 2.05) is 13.0 Å². The molecule has 0 N–H and O–H groups in total. The summed E-state index contributed by atoms with van der Waals surface area (Å²) in [5, 5.41) is 0. The third-order valence-corrected chi connectivity index (χ3v) is 3.25. The summed E-state index contributed by atoms with van der Waals surface area (Å²) in [6, 6.07) is 5.37. The molecule has 0 heterocycles. The maximum atomic E-state index is 12.4. The van der Waals surface area contributed by atoms with Crippen LogP contribution in [0.1, 0.15) is 23.7 Å². The first-order chi connectivity index (χ1) is 9.63. The van der Waals surface area contributed by atoms with Gasteiger partial charge in [0.1, 0.15) is 5.75 Å². The number of hydrogen-bond donors (Lipinski definition) is 0. The Morgan fingerprint density at radius 2 is 2.00 bits per heavy atom. The van der Waals surface area contributed by atoms with Crippen LogP contribution in [0.15, 0.2) is 48.0 Å². The monoisotopic (exact) mass is 337 g/mol. The lowest BCUT2D eigenvalue weighted by molar-refractivity contribution is 0.0790. The number of benzene rings is 1. The maximum Gasteiger partial charge on any atom is 0.254 e. The quantitative estimate of drug-likeness (QED) is 0.669. The van der Waals surface area contributed by atoms with Crippen LogP contribution in [0.25, 0.3) is 0 Å². The van der Waals surface area contributed by atoms with Gasteiger partial charge in [0.15, 0.2) is 0 Å². The summed E-state index contributed by atoms with van der Waals surface area (Å²) in [5.41, 5.74) is 0.615. The maximum absolute atomic E-state index is 12.4. The Balaban J connectivity index is 2.89. The third-order valence-electron chi connectivity index (χ3n) is 2.63. The molecule has 1 rings (SSSR count). The molecule has 20 heavy (non-hydrogen) atoms. The van der Waals surface area contributed by atoms with Gasteiger partial charge in [0.05, 0.1) is 11.1 Å². The molecule has 3 nitrogen and oxygen atoms in total. The average molecular weight is 338 g/mol. The van der Waals surface area contributed by atoms with Crippen LogP contribution in [-0.4, -0.2) is 30.5 Å². The van der Waals surface area contributed by atoms with Crippen molar-refractivity contribution in [3.05, 3.63) is 53.5 Å². The van der Waals surface area contributed by atoms with E-state index < -0.39 is 0 Å². The van der Waals surface area contributed by atoms with E-state index in [0.717, 1.165) is 16.6 Å². The lowest BCUT2D eigenvalue weighted by Crippen LogP contribution is -2.31. The number of amides is 1. The molecule has 108 valence electrons. The van der Waals surface area contributed by atoms with Crippen LogP contribution in [0.2, 0.25) is 0 Å². The fourth-order valence-corrected chi connectivity index (χ4v) is 2.19. The minimum atomic E-state index is -0.0486. The molecule has 0 radical (unpaired) electrons. The summed E-state index contributed by atoms with van der Waals surface area (Å²) in [7, 11) is 0. The Labute approximate surface area is 129 Å². The van der Waals surface area contributed by atoms with Gasteiger partial charge in [-0.15, -0.1) is 13.2 Å². The van der Waals surface area contributed by atoms with Crippen molar-refractivity contribution < 1.29 is 9.53 Å². The summed E-state index contributed by atoms with van der Waals surface area (Å²) in [6.45, 7) is 11.0. The van der Waals surface area contributed by atoms with Crippen LogP contribution in [0.5, 0.6) is 5.75 Å². The van der Waals surface area contributed by atoms with E-state index in [4.69, 9.17) is 4.74 Å². The minimum absolute atomic E-state index is 0.0486. The van der Waals surface area contributed by atoms with Crippen LogP contribution in [0.4, 0.5) is 0 Å². The topological polar surface area (TPSA) is 29.5 Å². The first kappa shape index (κ1) is 16.5. The second kappa shape index (κ2) is 8.59. The standard InChI is InChI=1S/C16H20BrNO2/c1-4-9-18(10-5-2)16(19)13-7-8-15(14(17)12-13)20-11-6-3/h4-5,7-8,12H,1-2,6,9-11H2,3H3. The predicted octanol–water partition coefficient (Wildman–Crippen LogP) is 4.05. The SMILES string of the molecule is C=CCN(CC=C)C(=O)c1ccc(OCCC)c(Br)c1. The number of nitrogens with zero attached hydrogens (tertiary/aromatic N) is 1. The number of ether oxygens (including phenoxy) is 1. The lowest BCUT2D eigenvalue weighted by atomic mass is 10.2. The Morgan fingerprint density at radius 3 is 2.50 bits per heavy atom. The van der Waals surface area contributed by atoms with Crippen molar-refractivity contribution in [2.45, 2.75) is 13.3 Å². The van der Waals surface area contributed by atoms with E-state index in [1.165, 1.54) is 0 Å². The second-order valence-corrected chi connectivity index (χ2v) is 5.14. The van der Waals surface area contributed by atoms with Crippen LogP contribution in [0.3, 0.4) is 0 Å². The molecule has 0 spiro atoms. The van der Waals surface area contributed by atoms with Crippen molar-refractivity contribution in [1.82, 2.24) is 4.90 Å². The summed E-state index contributed by atoms with van der Waals surface area (Å²) in [6.07, 6.45) is 4.35. The average Bonchev–Trinajstić information content (AvgIpc) is 2.45. The Kier molecular flexibility index (Phi) is 7.09. The molecule has 0 aliphatic heterocycles. The normalized spacial score (nSPS) is 9.90. The highest BCUT2D eigenvalue weighted by molar-refractivity contribution is 9.10. The van der Waals surface area contributed by atoms with E-state index in [0.29, 0.717) is 25.3 Å². The molecule has 0 unspecified atom stereocenters. The number of carbonyl (C=O) groups excluding carboxylic acids is 1. The van der Waals surface area contributed by atoms with Gasteiger partial charge in [-0.2, -0.15) is 0 Å².